The quantitative estimate of drug-likeness (QED) is 0.0256. The fourth-order valence-corrected chi connectivity index (χ4v) is 11.0. The van der Waals surface area contributed by atoms with Crippen LogP contribution in [0.3, 0.4) is 0 Å². The van der Waals surface area contributed by atoms with Gasteiger partial charge in [-0.1, -0.05) is 60.7 Å². The SMILES string of the molecule is CC(=O)OOC(C)=O.COc1cc(-c2cccc(-c3cccc(Nc4cncc5nccnc45)c3C)c2C)cc(F)c1C=O.COc1cc(-c2cccc(-c3cccc(Nc4cncc5nccnc45)c3C)c2C)cc(F)c1CN[C@H]1CCC(=O)NC1.N[C@H]1CCC(=O)NC1.[B-]OC(C)=O.[Na+]. The number of piperidine rings is 2. The van der Waals surface area contributed by atoms with E-state index >= 15 is 4.39 Å². The van der Waals surface area contributed by atoms with Gasteiger partial charge in [0.25, 0.3) is 0 Å². The predicted molar refractivity (Wildman–Crippen MR) is 377 cm³/mol. The van der Waals surface area contributed by atoms with Crippen LogP contribution >= 0.6 is 0 Å². The van der Waals surface area contributed by atoms with E-state index in [4.69, 9.17) is 15.2 Å². The molecule has 3 radical (unpaired) electrons. The van der Waals surface area contributed by atoms with Crippen molar-refractivity contribution in [1.29, 1.82) is 0 Å². The van der Waals surface area contributed by atoms with Gasteiger partial charge in [0, 0.05) is 107 Å². The summed E-state index contributed by atoms with van der Waals surface area (Å²) in [6.07, 6.45) is 16.6. The monoisotopic (exact) mass is 1380 g/mol. The Labute approximate surface area is 606 Å². The molecule has 4 aromatic heterocycles. The number of aromatic nitrogens is 6. The van der Waals surface area contributed by atoms with Crippen LogP contribution in [-0.2, 0) is 44.9 Å². The molecule has 7 N–H and O–H groups in total. The second-order valence-electron chi connectivity index (χ2n) is 23.0. The molecule has 12 rings (SSSR count). The van der Waals surface area contributed by atoms with Gasteiger partial charge < -0.3 is 54.5 Å². The number of amides is 2. The molecule has 0 unspecified atom stereocenters. The van der Waals surface area contributed by atoms with Crippen LogP contribution in [0.15, 0.2) is 147 Å². The van der Waals surface area contributed by atoms with Crippen molar-refractivity contribution in [2.75, 3.05) is 37.9 Å². The first-order chi connectivity index (χ1) is 48.1. The van der Waals surface area contributed by atoms with Gasteiger partial charge in [-0.05, 0) is 144 Å². The maximum absolute atomic E-state index is 15.6. The Hall–Kier alpha value is -10.6. The topological polar surface area (TPSA) is 312 Å². The number of hydrogen-bond acceptors (Lipinski definition) is 21. The van der Waals surface area contributed by atoms with Crippen LogP contribution < -0.4 is 71.3 Å². The summed E-state index contributed by atoms with van der Waals surface area (Å²) in [5.74, 6) is -1.81. The van der Waals surface area contributed by atoms with Gasteiger partial charge in [-0.2, -0.15) is 0 Å². The zero-order chi connectivity index (χ0) is 72.0. The number of nitrogens with zero attached hydrogens (tertiary/aromatic N) is 6. The molecule has 515 valence electrons. The molecule has 6 aromatic carbocycles. The summed E-state index contributed by atoms with van der Waals surface area (Å²) in [6, 6.07) is 31.0. The first kappa shape index (κ1) is 77.7. The Kier molecular flexibility index (Phi) is 28.9. The molecule has 0 saturated carbocycles. The van der Waals surface area contributed by atoms with Crippen molar-refractivity contribution < 1.29 is 91.0 Å². The van der Waals surface area contributed by atoms with Gasteiger partial charge in [0.2, 0.25) is 17.8 Å². The van der Waals surface area contributed by atoms with E-state index in [0.717, 1.165) is 127 Å². The number of anilines is 4. The van der Waals surface area contributed by atoms with E-state index in [9.17, 15) is 33.2 Å². The second kappa shape index (κ2) is 37.5. The van der Waals surface area contributed by atoms with Gasteiger partial charge in [0.05, 0.1) is 55.9 Å². The Balaban J connectivity index is 0.000000220. The number of nitrogens with two attached hydrogens (primary N) is 1. The standard InChI is InChI=1S/C34H33FN6O2.C29H23FN4O2.C5H10N2O.C4H6O4.C2H3BO2.Na/c1-20-24(22-14-28(35)27(32(15-22)43-3)17-39-23-10-11-33(42)40-16-23)6-4-7-25(20)26-8-5-9-29(21(26)2)41-31-19-36-18-30-34(31)38-13-12-37-30;1-17-20(19-12-24(30)23(16-35)28(13-19)36-3)6-4-7-21(17)22-8-5-9-25(18(22)2)34-27-15-31-14-26-29(27)33-11-10-32-26;6-4-1-2-5(8)7-3-4;1-3(5)7-8-4(2)6;1-2(4)5-3;/h4-9,12-15,18-19,23,39,41H,10-11,16-17H2,1-3H3,(H,40,42);4-16,34H,1-3H3;4H,1-3,6H2,(H,7,8);1-2H3;1H3;/q;;;;-1;+1/t23-;;4-;;;/m0.0.../s1. The largest absolute Gasteiger partial charge is 1.00 e. The number of rotatable bonds is 14. The summed E-state index contributed by atoms with van der Waals surface area (Å²) in [7, 11) is 7.31. The summed E-state index contributed by atoms with van der Waals surface area (Å²) in [5.41, 5.74) is 23.6. The molecule has 10 aromatic rings. The number of pyridine rings is 2. The molecule has 0 spiro atoms. The van der Waals surface area contributed by atoms with Crippen LogP contribution in [0.2, 0.25) is 0 Å². The number of benzene rings is 6. The number of fused-ring (bicyclic) bond motifs is 2. The molecule has 2 fully saturated rings. The zero-order valence-electron chi connectivity index (χ0n) is 57.6. The van der Waals surface area contributed by atoms with E-state index in [1.165, 1.54) is 20.1 Å². The van der Waals surface area contributed by atoms with Crippen molar-refractivity contribution in [3.05, 3.63) is 192 Å². The average Bonchev–Trinajstić information content (AvgIpc) is 0.790. The Bertz CT molecular complexity index is 4590. The normalized spacial score (nSPS) is 13.5. The van der Waals surface area contributed by atoms with Crippen LogP contribution in [0.5, 0.6) is 11.5 Å². The summed E-state index contributed by atoms with van der Waals surface area (Å²) in [6.45, 7) is 13.2. The van der Waals surface area contributed by atoms with E-state index in [-0.39, 0.29) is 70.6 Å². The number of aldehydes is 1. The van der Waals surface area contributed by atoms with Gasteiger partial charge in [-0.3, -0.25) is 49.1 Å². The first-order valence-electron chi connectivity index (χ1n) is 31.6. The van der Waals surface area contributed by atoms with Gasteiger partial charge in [0.15, 0.2) is 6.29 Å². The van der Waals surface area contributed by atoms with E-state index in [0.29, 0.717) is 61.2 Å². The van der Waals surface area contributed by atoms with Gasteiger partial charge in [-0.15, -0.1) is 0 Å². The fourth-order valence-electron chi connectivity index (χ4n) is 11.0. The summed E-state index contributed by atoms with van der Waals surface area (Å²) in [4.78, 5) is 96.2. The minimum absolute atomic E-state index is 0. The molecular formula is C74H75BF2N12NaO11. The number of carbonyl (C=O) groups excluding carboxylic acids is 6. The number of halogens is 2. The Morgan fingerprint density at radius 2 is 1.00 bits per heavy atom. The van der Waals surface area contributed by atoms with Crippen molar-refractivity contribution in [2.45, 2.75) is 92.8 Å². The van der Waals surface area contributed by atoms with E-state index in [2.05, 4.69) is 118 Å². The number of ether oxygens (including phenoxy) is 2. The third kappa shape index (κ3) is 20.7. The minimum Gasteiger partial charge on any atom is -0.793 e. The summed E-state index contributed by atoms with van der Waals surface area (Å²) < 4.78 is 44.7. The summed E-state index contributed by atoms with van der Waals surface area (Å²) in [5, 5.41) is 15.8. The van der Waals surface area contributed by atoms with Crippen LogP contribution in [0.4, 0.5) is 31.5 Å². The summed E-state index contributed by atoms with van der Waals surface area (Å²) >= 11 is 0. The van der Waals surface area contributed by atoms with Gasteiger partial charge in [-0.25, -0.2) is 28.1 Å². The molecule has 23 nitrogen and oxygen atoms in total. The molecule has 2 aliphatic heterocycles. The maximum Gasteiger partial charge on any atom is 1.00 e. The molecule has 2 saturated heterocycles. The Morgan fingerprint density at radius 1 is 0.574 bits per heavy atom. The second-order valence-corrected chi connectivity index (χ2v) is 23.0. The van der Waals surface area contributed by atoms with Crippen molar-refractivity contribution in [1.82, 2.24) is 45.9 Å². The van der Waals surface area contributed by atoms with Crippen molar-refractivity contribution in [2.24, 2.45) is 5.73 Å². The van der Waals surface area contributed by atoms with Crippen LogP contribution in [0.1, 0.15) is 84.6 Å². The molecule has 0 bridgehead atoms. The molecule has 2 amide bonds. The minimum atomic E-state index is -0.639. The van der Waals surface area contributed by atoms with Gasteiger partial charge in [0.1, 0.15) is 45.2 Å². The third-order valence-corrected chi connectivity index (χ3v) is 16.2. The average molecular weight is 1380 g/mol. The first-order valence-corrected chi connectivity index (χ1v) is 31.6. The third-order valence-electron chi connectivity index (χ3n) is 16.2. The smallest absolute Gasteiger partial charge is 0.793 e. The molecular weight excluding hydrogens is 1300 g/mol. The molecule has 6 heterocycles. The van der Waals surface area contributed by atoms with Crippen LogP contribution in [-0.4, -0.2) is 113 Å². The number of methoxy groups -OCH3 is 2. The molecule has 2 aliphatic rings. The fraction of sp³-hybridized carbons (Fsp3) is 0.243. The van der Waals surface area contributed by atoms with Crippen molar-refractivity contribution in [3.8, 4) is 56.0 Å². The Morgan fingerprint density at radius 3 is 1.42 bits per heavy atom. The maximum atomic E-state index is 15.6. The molecule has 2 atom stereocenters. The van der Waals surface area contributed by atoms with E-state index in [1.807, 2.05) is 67.6 Å². The van der Waals surface area contributed by atoms with Crippen LogP contribution in [0.25, 0.3) is 66.6 Å². The van der Waals surface area contributed by atoms with Crippen LogP contribution in [0, 0.1) is 39.3 Å². The number of nitrogens with one attached hydrogen (secondary N) is 5. The van der Waals surface area contributed by atoms with Crippen molar-refractivity contribution >= 4 is 88.9 Å². The van der Waals surface area contributed by atoms with Crippen molar-refractivity contribution in [3.63, 3.8) is 0 Å². The van der Waals surface area contributed by atoms with E-state index < -0.39 is 23.7 Å². The van der Waals surface area contributed by atoms with Gasteiger partial charge >= 0.3 is 41.5 Å². The number of carbonyl (C=O) groups is 6. The number of hydrogen-bond donors (Lipinski definition) is 6. The molecule has 27 heteroatoms. The van der Waals surface area contributed by atoms with E-state index in [1.54, 1.807) is 68.8 Å². The predicted octanol–water partition coefficient (Wildman–Crippen LogP) is 8.80. The zero-order valence-corrected chi connectivity index (χ0v) is 59.6. The molecule has 0 aliphatic carbocycles. The molecule has 101 heavy (non-hydrogen) atoms.